The minimum Gasteiger partial charge on any atom is -0.496 e. The Balaban J connectivity index is 2.15. The van der Waals surface area contributed by atoms with Crippen molar-refractivity contribution < 1.29 is 14.3 Å². The summed E-state index contributed by atoms with van der Waals surface area (Å²) in [5, 5.41) is 3.19. The Morgan fingerprint density at radius 3 is 2.83 bits per heavy atom. The summed E-state index contributed by atoms with van der Waals surface area (Å²) in [6.07, 6.45) is 1.76. The van der Waals surface area contributed by atoms with Crippen LogP contribution in [0.5, 0.6) is 5.75 Å². The first-order chi connectivity index (χ1) is 8.76. The SMILES string of the molecule is COC(=O)[C@@H]1C[C@@H](c2ccccc2OC)CCN1. The molecule has 2 rings (SSSR count). The van der Waals surface area contributed by atoms with E-state index in [4.69, 9.17) is 9.47 Å². The normalized spacial score (nSPS) is 23.4. The molecular weight excluding hydrogens is 230 g/mol. The highest BCUT2D eigenvalue weighted by Gasteiger charge is 2.29. The van der Waals surface area contributed by atoms with Crippen molar-refractivity contribution in [2.24, 2.45) is 0 Å². The van der Waals surface area contributed by atoms with Gasteiger partial charge in [-0.1, -0.05) is 18.2 Å². The third-order valence-electron chi connectivity index (χ3n) is 3.47. The summed E-state index contributed by atoms with van der Waals surface area (Å²) in [5.74, 6) is 1.05. The minimum atomic E-state index is -0.210. The van der Waals surface area contributed by atoms with E-state index < -0.39 is 0 Å². The van der Waals surface area contributed by atoms with Gasteiger partial charge >= 0.3 is 5.97 Å². The zero-order valence-corrected chi connectivity index (χ0v) is 10.8. The maximum Gasteiger partial charge on any atom is 0.322 e. The van der Waals surface area contributed by atoms with Crippen LogP contribution in [0.3, 0.4) is 0 Å². The van der Waals surface area contributed by atoms with Crippen LogP contribution in [-0.4, -0.2) is 32.8 Å². The summed E-state index contributed by atoms with van der Waals surface area (Å²) >= 11 is 0. The first-order valence-electron chi connectivity index (χ1n) is 6.20. The molecule has 0 aromatic heterocycles. The molecule has 0 unspecified atom stereocenters. The molecule has 1 aliphatic heterocycles. The van der Waals surface area contributed by atoms with Crippen LogP contribution in [0.2, 0.25) is 0 Å². The fourth-order valence-electron chi connectivity index (χ4n) is 2.53. The van der Waals surface area contributed by atoms with E-state index in [1.54, 1.807) is 7.11 Å². The average molecular weight is 249 g/mol. The summed E-state index contributed by atoms with van der Waals surface area (Å²) in [6.45, 7) is 0.822. The zero-order valence-electron chi connectivity index (χ0n) is 10.8. The molecule has 1 aliphatic rings. The lowest BCUT2D eigenvalue weighted by Gasteiger charge is -2.29. The second kappa shape index (κ2) is 5.87. The fourth-order valence-corrected chi connectivity index (χ4v) is 2.53. The van der Waals surface area contributed by atoms with Crippen molar-refractivity contribution in [2.45, 2.75) is 24.8 Å². The molecule has 1 saturated heterocycles. The van der Waals surface area contributed by atoms with Crippen molar-refractivity contribution in [1.82, 2.24) is 5.32 Å². The summed E-state index contributed by atoms with van der Waals surface area (Å²) in [4.78, 5) is 11.6. The molecule has 1 aromatic rings. The van der Waals surface area contributed by atoms with E-state index >= 15 is 0 Å². The van der Waals surface area contributed by atoms with Crippen molar-refractivity contribution in [3.63, 3.8) is 0 Å². The molecule has 0 aliphatic carbocycles. The van der Waals surface area contributed by atoms with Crippen molar-refractivity contribution in [2.75, 3.05) is 20.8 Å². The predicted octanol–water partition coefficient (Wildman–Crippen LogP) is 1.70. The van der Waals surface area contributed by atoms with Crippen LogP contribution in [0.4, 0.5) is 0 Å². The van der Waals surface area contributed by atoms with Gasteiger partial charge in [-0.05, 0) is 36.9 Å². The second-order valence-electron chi connectivity index (χ2n) is 4.49. The van der Waals surface area contributed by atoms with Crippen LogP contribution < -0.4 is 10.1 Å². The smallest absolute Gasteiger partial charge is 0.322 e. The molecule has 0 radical (unpaired) electrons. The molecule has 98 valence electrons. The van der Waals surface area contributed by atoms with E-state index in [1.165, 1.54) is 12.7 Å². The largest absolute Gasteiger partial charge is 0.496 e. The van der Waals surface area contributed by atoms with Gasteiger partial charge in [0.25, 0.3) is 0 Å². The number of methoxy groups -OCH3 is 2. The minimum absolute atomic E-state index is 0.186. The van der Waals surface area contributed by atoms with Gasteiger partial charge in [-0.2, -0.15) is 0 Å². The Bertz CT molecular complexity index is 419. The standard InChI is InChI=1S/C14H19NO3/c1-17-13-6-4-3-5-11(13)10-7-8-15-12(9-10)14(16)18-2/h3-6,10,12,15H,7-9H2,1-2H3/t10-,12-/m0/s1. The number of piperidine rings is 1. The Morgan fingerprint density at radius 2 is 2.11 bits per heavy atom. The number of esters is 1. The molecule has 4 heteroatoms. The first-order valence-corrected chi connectivity index (χ1v) is 6.20. The molecule has 4 nitrogen and oxygen atoms in total. The van der Waals surface area contributed by atoms with Gasteiger partial charge < -0.3 is 14.8 Å². The van der Waals surface area contributed by atoms with Gasteiger partial charge in [0.2, 0.25) is 0 Å². The molecule has 0 amide bonds. The molecule has 0 saturated carbocycles. The number of para-hydroxylation sites is 1. The van der Waals surface area contributed by atoms with E-state index in [9.17, 15) is 4.79 Å². The van der Waals surface area contributed by atoms with Crippen LogP contribution in [0.1, 0.15) is 24.3 Å². The molecule has 0 bridgehead atoms. The summed E-state index contributed by atoms with van der Waals surface area (Å²) in [7, 11) is 3.11. The quantitative estimate of drug-likeness (QED) is 0.828. The van der Waals surface area contributed by atoms with Crippen LogP contribution in [0.15, 0.2) is 24.3 Å². The fraction of sp³-hybridized carbons (Fsp3) is 0.500. The zero-order chi connectivity index (χ0) is 13.0. The van der Waals surface area contributed by atoms with Crippen LogP contribution >= 0.6 is 0 Å². The summed E-state index contributed by atoms with van der Waals surface area (Å²) in [5.41, 5.74) is 1.18. The van der Waals surface area contributed by atoms with E-state index in [2.05, 4.69) is 11.4 Å². The van der Waals surface area contributed by atoms with Crippen molar-refractivity contribution in [3.05, 3.63) is 29.8 Å². The third kappa shape index (κ3) is 2.64. The Hall–Kier alpha value is -1.55. The monoisotopic (exact) mass is 249 g/mol. The molecule has 18 heavy (non-hydrogen) atoms. The van der Waals surface area contributed by atoms with Crippen LogP contribution in [-0.2, 0) is 9.53 Å². The van der Waals surface area contributed by atoms with Gasteiger partial charge in [0.15, 0.2) is 0 Å². The number of ether oxygens (including phenoxy) is 2. The number of hydrogen-bond donors (Lipinski definition) is 1. The van der Waals surface area contributed by atoms with E-state index in [-0.39, 0.29) is 12.0 Å². The highest BCUT2D eigenvalue weighted by atomic mass is 16.5. The molecule has 1 aromatic carbocycles. The number of hydrogen-bond acceptors (Lipinski definition) is 4. The average Bonchev–Trinajstić information content (AvgIpc) is 2.46. The third-order valence-corrected chi connectivity index (χ3v) is 3.47. The molecule has 2 atom stereocenters. The Morgan fingerprint density at radius 1 is 1.33 bits per heavy atom. The summed E-state index contributed by atoms with van der Waals surface area (Å²) < 4.78 is 10.2. The first kappa shape index (κ1) is 12.9. The maximum absolute atomic E-state index is 11.6. The van der Waals surface area contributed by atoms with E-state index in [0.29, 0.717) is 5.92 Å². The topological polar surface area (TPSA) is 47.6 Å². The number of rotatable bonds is 3. The summed E-state index contributed by atoms with van der Waals surface area (Å²) in [6, 6.07) is 7.79. The Kier molecular flexibility index (Phi) is 4.20. The van der Waals surface area contributed by atoms with Crippen molar-refractivity contribution in [1.29, 1.82) is 0 Å². The Labute approximate surface area is 107 Å². The lowest BCUT2D eigenvalue weighted by atomic mass is 9.86. The second-order valence-corrected chi connectivity index (χ2v) is 4.49. The number of benzene rings is 1. The highest BCUT2D eigenvalue weighted by molar-refractivity contribution is 5.75. The molecule has 1 fully saturated rings. The van der Waals surface area contributed by atoms with Gasteiger partial charge in [-0.25, -0.2) is 0 Å². The lowest BCUT2D eigenvalue weighted by Crippen LogP contribution is -2.43. The van der Waals surface area contributed by atoms with Crippen molar-refractivity contribution in [3.8, 4) is 5.75 Å². The van der Waals surface area contributed by atoms with Crippen LogP contribution in [0.25, 0.3) is 0 Å². The van der Waals surface area contributed by atoms with Gasteiger partial charge in [-0.15, -0.1) is 0 Å². The van der Waals surface area contributed by atoms with Gasteiger partial charge in [0, 0.05) is 0 Å². The molecular formula is C14H19NO3. The number of carbonyl (C=O) groups excluding carboxylic acids is 1. The highest BCUT2D eigenvalue weighted by Crippen LogP contribution is 2.33. The lowest BCUT2D eigenvalue weighted by molar-refractivity contribution is -0.143. The maximum atomic E-state index is 11.6. The van der Waals surface area contributed by atoms with E-state index in [0.717, 1.165) is 25.1 Å². The van der Waals surface area contributed by atoms with Gasteiger partial charge in [0.1, 0.15) is 11.8 Å². The molecule has 1 N–H and O–H groups in total. The number of carbonyl (C=O) groups is 1. The number of nitrogens with one attached hydrogen (secondary N) is 1. The molecule has 0 spiro atoms. The predicted molar refractivity (Wildman–Crippen MR) is 68.8 cm³/mol. The van der Waals surface area contributed by atoms with Crippen molar-refractivity contribution >= 4 is 5.97 Å². The molecule has 1 heterocycles. The van der Waals surface area contributed by atoms with Gasteiger partial charge in [0.05, 0.1) is 14.2 Å². The van der Waals surface area contributed by atoms with E-state index in [1.807, 2.05) is 18.2 Å². The van der Waals surface area contributed by atoms with Crippen LogP contribution in [0, 0.1) is 0 Å². The van der Waals surface area contributed by atoms with Gasteiger partial charge in [-0.3, -0.25) is 4.79 Å².